The molecular formula is C30H48O3. The van der Waals surface area contributed by atoms with Crippen LogP contribution in [-0.4, -0.2) is 22.3 Å². The van der Waals surface area contributed by atoms with Crippen LogP contribution in [0.15, 0.2) is 23.3 Å². The number of rotatable bonds is 5. The summed E-state index contributed by atoms with van der Waals surface area (Å²) in [7, 11) is 0. The van der Waals surface area contributed by atoms with Crippen LogP contribution in [0.5, 0.6) is 0 Å². The molecule has 8 atom stereocenters. The lowest BCUT2D eigenvalue weighted by molar-refractivity contribution is -0.132. The van der Waals surface area contributed by atoms with Gasteiger partial charge in [-0.05, 0) is 110 Å². The van der Waals surface area contributed by atoms with E-state index in [1.54, 1.807) is 12.5 Å². The van der Waals surface area contributed by atoms with Crippen LogP contribution in [0.25, 0.3) is 0 Å². The third-order valence-corrected chi connectivity index (χ3v) is 12.0. The minimum atomic E-state index is -0.796. The summed E-state index contributed by atoms with van der Waals surface area (Å²) in [6, 6.07) is 0. The molecule has 0 saturated heterocycles. The average molecular weight is 457 g/mol. The maximum atomic E-state index is 11.1. The summed E-state index contributed by atoms with van der Waals surface area (Å²) < 4.78 is 0. The molecule has 0 amide bonds. The van der Waals surface area contributed by atoms with Gasteiger partial charge in [0, 0.05) is 5.57 Å². The van der Waals surface area contributed by atoms with Gasteiger partial charge in [-0.3, -0.25) is 0 Å². The van der Waals surface area contributed by atoms with Crippen molar-refractivity contribution in [2.75, 3.05) is 0 Å². The second kappa shape index (κ2) is 8.25. The van der Waals surface area contributed by atoms with E-state index in [9.17, 15) is 9.90 Å². The van der Waals surface area contributed by atoms with Crippen molar-refractivity contribution < 1.29 is 15.0 Å². The maximum absolute atomic E-state index is 11.1. The SMILES string of the molecule is C/C(=C/CCC(C)[C@@H]1CC[C@]2(C)C3=CCC4C(C)(C)[C@@H](O)CC[C@]4(C)C3CC[C@@]12C)C(=O)O. The van der Waals surface area contributed by atoms with Gasteiger partial charge in [0.05, 0.1) is 6.10 Å². The summed E-state index contributed by atoms with van der Waals surface area (Å²) in [6.45, 7) is 16.5. The topological polar surface area (TPSA) is 57.5 Å². The lowest BCUT2D eigenvalue weighted by Crippen LogP contribution is -2.58. The zero-order chi connectivity index (χ0) is 24.4. The Labute approximate surface area is 202 Å². The van der Waals surface area contributed by atoms with Gasteiger partial charge in [-0.25, -0.2) is 4.79 Å². The number of hydrogen-bond acceptors (Lipinski definition) is 2. The predicted octanol–water partition coefficient (Wildman–Crippen LogP) is 7.40. The van der Waals surface area contributed by atoms with Crippen molar-refractivity contribution >= 4 is 5.97 Å². The molecule has 0 aromatic rings. The standard InChI is InChI=1S/C30H48O3/c1-19(9-8-10-20(2)26(32)33)21-13-17-30(7)23-11-12-24-27(3,4)25(31)15-16-28(24,5)22(23)14-18-29(21,30)6/h10-11,19,21-22,24-25,31H,8-9,12-18H2,1-7H3,(H,32,33)/b20-10-/t19?,21-,22?,24?,25-,28+,29-,30+/m0/s1. The van der Waals surface area contributed by atoms with Gasteiger partial charge in [-0.2, -0.15) is 0 Å². The second-order valence-electron chi connectivity index (χ2n) is 13.6. The molecule has 0 heterocycles. The highest BCUT2D eigenvalue weighted by Gasteiger charge is 2.65. The number of fused-ring (bicyclic) bond motifs is 5. The first-order valence-corrected chi connectivity index (χ1v) is 13.6. The molecule has 3 fully saturated rings. The smallest absolute Gasteiger partial charge is 0.330 e. The number of hydrogen-bond donors (Lipinski definition) is 2. The predicted molar refractivity (Wildman–Crippen MR) is 135 cm³/mol. The quantitative estimate of drug-likeness (QED) is 0.335. The fourth-order valence-electron chi connectivity index (χ4n) is 9.50. The fraction of sp³-hybridized carbons (Fsp3) is 0.833. The third kappa shape index (κ3) is 3.58. The highest BCUT2D eigenvalue weighted by molar-refractivity contribution is 5.85. The van der Waals surface area contributed by atoms with E-state index in [-0.39, 0.29) is 16.9 Å². The number of carboxylic acids is 1. The van der Waals surface area contributed by atoms with Crippen molar-refractivity contribution in [3.8, 4) is 0 Å². The average Bonchev–Trinajstić information content (AvgIpc) is 3.02. The molecular weight excluding hydrogens is 408 g/mol. The highest BCUT2D eigenvalue weighted by atomic mass is 16.4. The molecule has 0 aromatic heterocycles. The number of allylic oxidation sites excluding steroid dienone is 3. The first-order valence-electron chi connectivity index (χ1n) is 13.6. The summed E-state index contributed by atoms with van der Waals surface area (Å²) in [5, 5.41) is 20.0. The Kier molecular flexibility index (Phi) is 6.25. The van der Waals surface area contributed by atoms with Crippen molar-refractivity contribution in [3.05, 3.63) is 23.3 Å². The maximum Gasteiger partial charge on any atom is 0.330 e. The minimum Gasteiger partial charge on any atom is -0.478 e. The molecule has 4 aliphatic carbocycles. The van der Waals surface area contributed by atoms with E-state index >= 15 is 0 Å². The van der Waals surface area contributed by atoms with Crippen LogP contribution < -0.4 is 0 Å². The van der Waals surface area contributed by atoms with Gasteiger partial charge in [0.1, 0.15) is 0 Å². The summed E-state index contributed by atoms with van der Waals surface area (Å²) in [4.78, 5) is 11.1. The number of carbonyl (C=O) groups is 1. The van der Waals surface area contributed by atoms with E-state index < -0.39 is 5.97 Å². The van der Waals surface area contributed by atoms with Crippen molar-refractivity contribution in [2.45, 2.75) is 112 Å². The van der Waals surface area contributed by atoms with Gasteiger partial charge in [-0.1, -0.05) is 59.3 Å². The Morgan fingerprint density at radius 3 is 2.48 bits per heavy atom. The second-order valence-corrected chi connectivity index (χ2v) is 13.6. The fourth-order valence-corrected chi connectivity index (χ4v) is 9.50. The molecule has 0 aromatic carbocycles. The molecule has 0 bridgehead atoms. The van der Waals surface area contributed by atoms with Crippen LogP contribution in [-0.2, 0) is 4.79 Å². The monoisotopic (exact) mass is 456 g/mol. The number of aliphatic hydroxyl groups is 1. The van der Waals surface area contributed by atoms with E-state index in [1.807, 2.05) is 6.08 Å². The lowest BCUT2D eigenvalue weighted by Gasteiger charge is -2.64. The van der Waals surface area contributed by atoms with Crippen LogP contribution in [0.1, 0.15) is 106 Å². The van der Waals surface area contributed by atoms with Gasteiger partial charge in [-0.15, -0.1) is 0 Å². The van der Waals surface area contributed by atoms with Crippen LogP contribution in [0.2, 0.25) is 0 Å². The Balaban J connectivity index is 1.58. The van der Waals surface area contributed by atoms with Crippen molar-refractivity contribution in [1.29, 1.82) is 0 Å². The lowest BCUT2D eigenvalue weighted by atomic mass is 9.41. The Morgan fingerprint density at radius 2 is 1.82 bits per heavy atom. The molecule has 186 valence electrons. The number of aliphatic hydroxyl groups excluding tert-OH is 1. The van der Waals surface area contributed by atoms with E-state index in [0.29, 0.717) is 40.1 Å². The molecule has 3 nitrogen and oxygen atoms in total. The van der Waals surface area contributed by atoms with Gasteiger partial charge in [0.2, 0.25) is 0 Å². The molecule has 0 aliphatic heterocycles. The number of carboxylic acid groups (broad SMARTS) is 1. The van der Waals surface area contributed by atoms with Crippen LogP contribution in [0.4, 0.5) is 0 Å². The van der Waals surface area contributed by atoms with Gasteiger partial charge >= 0.3 is 5.97 Å². The molecule has 4 aliphatic rings. The third-order valence-electron chi connectivity index (χ3n) is 12.0. The van der Waals surface area contributed by atoms with Gasteiger partial charge in [0.25, 0.3) is 0 Å². The molecule has 33 heavy (non-hydrogen) atoms. The zero-order valence-corrected chi connectivity index (χ0v) is 22.2. The van der Waals surface area contributed by atoms with E-state index in [4.69, 9.17) is 5.11 Å². The van der Waals surface area contributed by atoms with Gasteiger partial charge < -0.3 is 10.2 Å². The molecule has 2 N–H and O–H groups in total. The van der Waals surface area contributed by atoms with Crippen molar-refractivity contribution in [1.82, 2.24) is 0 Å². The number of aliphatic carboxylic acids is 1. The van der Waals surface area contributed by atoms with E-state index in [1.165, 1.54) is 25.7 Å². The first-order chi connectivity index (χ1) is 15.3. The minimum absolute atomic E-state index is 0.00892. The summed E-state index contributed by atoms with van der Waals surface area (Å²) in [5.74, 6) is 1.75. The largest absolute Gasteiger partial charge is 0.478 e. The van der Waals surface area contributed by atoms with Crippen LogP contribution in [0.3, 0.4) is 0 Å². The molecule has 3 unspecified atom stereocenters. The molecule has 4 rings (SSSR count). The molecule has 3 saturated carbocycles. The molecule has 0 radical (unpaired) electrons. The Bertz CT molecular complexity index is 853. The zero-order valence-electron chi connectivity index (χ0n) is 22.2. The molecule has 0 spiro atoms. The summed E-state index contributed by atoms with van der Waals surface area (Å²) >= 11 is 0. The van der Waals surface area contributed by atoms with Crippen molar-refractivity contribution in [2.24, 2.45) is 45.3 Å². The van der Waals surface area contributed by atoms with Gasteiger partial charge in [0.15, 0.2) is 0 Å². The summed E-state index contributed by atoms with van der Waals surface area (Å²) in [5.41, 5.74) is 3.13. The Hall–Kier alpha value is -1.09. The normalized spacial score (nSPS) is 45.5. The molecule has 3 heteroatoms. The Morgan fingerprint density at radius 1 is 1.12 bits per heavy atom. The van der Waals surface area contributed by atoms with Crippen molar-refractivity contribution in [3.63, 3.8) is 0 Å². The first kappa shape index (κ1) is 25.0. The van der Waals surface area contributed by atoms with Crippen LogP contribution in [0, 0.1) is 45.3 Å². The van der Waals surface area contributed by atoms with E-state index in [0.717, 1.165) is 32.1 Å². The summed E-state index contributed by atoms with van der Waals surface area (Å²) in [6.07, 6.45) is 14.7. The van der Waals surface area contributed by atoms with Crippen LogP contribution >= 0.6 is 0 Å². The van der Waals surface area contributed by atoms with E-state index in [2.05, 4.69) is 47.6 Å². The highest BCUT2D eigenvalue weighted by Crippen LogP contribution is 2.73.